The van der Waals surface area contributed by atoms with E-state index in [9.17, 15) is 19.5 Å². The molecule has 2 saturated heterocycles. The molecule has 3 amide bonds. The highest BCUT2D eigenvalue weighted by Crippen LogP contribution is 2.45. The molecule has 3 aliphatic heterocycles. The highest BCUT2D eigenvalue weighted by molar-refractivity contribution is 6.02. The monoisotopic (exact) mass is 677 g/mol. The number of anilines is 3. The number of carbonyl (C=O) groups excluding carboxylic acids is 3. The largest absolute Gasteiger partial charge is 0.507 e. The van der Waals surface area contributed by atoms with Gasteiger partial charge in [-0.2, -0.15) is 5.10 Å². The van der Waals surface area contributed by atoms with Crippen molar-refractivity contribution in [3.63, 3.8) is 0 Å². The summed E-state index contributed by atoms with van der Waals surface area (Å²) >= 11 is 0. The fourth-order valence-electron chi connectivity index (χ4n) is 7.93. The van der Waals surface area contributed by atoms with Crippen LogP contribution in [0.1, 0.15) is 50.0 Å². The molecule has 4 aliphatic rings. The molecule has 1 aliphatic carbocycles. The van der Waals surface area contributed by atoms with Crippen molar-refractivity contribution >= 4 is 34.9 Å². The van der Waals surface area contributed by atoms with E-state index >= 15 is 0 Å². The number of nitrogen functional groups attached to an aromatic ring is 1. The maximum atomic E-state index is 13.5. The van der Waals surface area contributed by atoms with Crippen molar-refractivity contribution < 1.29 is 24.2 Å². The molecule has 258 valence electrons. The van der Waals surface area contributed by atoms with Gasteiger partial charge in [0.1, 0.15) is 29.8 Å². The van der Waals surface area contributed by atoms with Gasteiger partial charge in [-0.15, -0.1) is 10.2 Å². The second-order valence-corrected chi connectivity index (χ2v) is 13.4. The first-order chi connectivity index (χ1) is 24.3. The third kappa shape index (κ3) is 5.89. The van der Waals surface area contributed by atoms with Crippen LogP contribution in [0.2, 0.25) is 0 Å². The molecule has 14 heteroatoms. The molecule has 8 rings (SSSR count). The Kier molecular flexibility index (Phi) is 8.31. The number of piperazine rings is 1. The van der Waals surface area contributed by atoms with Crippen LogP contribution in [-0.2, 0) is 14.4 Å². The molecule has 2 aromatic heterocycles. The minimum Gasteiger partial charge on any atom is -0.507 e. The number of amides is 3. The predicted molar refractivity (Wildman–Crippen MR) is 185 cm³/mol. The number of imide groups is 1. The number of nitrogens with one attached hydrogen (secondary N) is 1. The Hall–Kier alpha value is -5.50. The van der Waals surface area contributed by atoms with Crippen LogP contribution >= 0.6 is 0 Å². The first-order valence-electron chi connectivity index (χ1n) is 17.2. The Bertz CT molecular complexity index is 1960. The molecule has 1 atom stereocenters. The van der Waals surface area contributed by atoms with E-state index in [4.69, 9.17) is 10.5 Å². The van der Waals surface area contributed by atoms with Gasteiger partial charge < -0.3 is 25.4 Å². The molecular formula is C36H39N9O5. The summed E-state index contributed by atoms with van der Waals surface area (Å²) < 4.78 is 7.82. The lowest BCUT2D eigenvalue weighted by molar-refractivity contribution is -0.134. The number of benzene rings is 2. The molecule has 1 saturated carbocycles. The zero-order valence-corrected chi connectivity index (χ0v) is 27.6. The Labute approximate surface area is 288 Å². The maximum Gasteiger partial charge on any atom is 0.249 e. The van der Waals surface area contributed by atoms with Gasteiger partial charge in [0.25, 0.3) is 0 Å². The van der Waals surface area contributed by atoms with E-state index in [0.717, 1.165) is 43.7 Å². The summed E-state index contributed by atoms with van der Waals surface area (Å²) in [6.07, 6.45) is 8.18. The molecule has 4 aromatic rings. The van der Waals surface area contributed by atoms with E-state index in [1.165, 1.54) is 5.56 Å². The van der Waals surface area contributed by atoms with Crippen LogP contribution in [0.5, 0.6) is 11.5 Å². The van der Waals surface area contributed by atoms with E-state index < -0.39 is 0 Å². The third-order valence-electron chi connectivity index (χ3n) is 10.5. The molecule has 5 heterocycles. The molecule has 4 N–H and O–H groups in total. The Morgan fingerprint density at radius 2 is 1.76 bits per heavy atom. The van der Waals surface area contributed by atoms with Crippen LogP contribution < -0.4 is 25.6 Å². The quantitative estimate of drug-likeness (QED) is 0.256. The van der Waals surface area contributed by atoms with Crippen molar-refractivity contribution in [1.29, 1.82) is 0 Å². The van der Waals surface area contributed by atoms with E-state index in [-0.39, 0.29) is 35.3 Å². The molecular weight excluding hydrogens is 638 g/mol. The van der Waals surface area contributed by atoms with Gasteiger partial charge in [-0.3, -0.25) is 24.6 Å². The second kappa shape index (κ2) is 13.1. The number of fused-ring (bicyclic) bond motifs is 1. The van der Waals surface area contributed by atoms with E-state index in [1.807, 2.05) is 12.1 Å². The summed E-state index contributed by atoms with van der Waals surface area (Å²) in [6.45, 7) is 2.74. The minimum absolute atomic E-state index is 0.0210. The van der Waals surface area contributed by atoms with Crippen LogP contribution in [-0.4, -0.2) is 92.6 Å². The summed E-state index contributed by atoms with van der Waals surface area (Å²) in [5.74, 6) is 1.02. The SMILES string of the molecule is Nc1nnc(-c2ccccc2O)cc1-n1cc(N2CCN(C3CCC(c4cccc5c4OCCN5[C@@H]4CCC(=O)NC4=O)CC3)CC2=O)cn1. The van der Waals surface area contributed by atoms with E-state index in [0.29, 0.717) is 73.7 Å². The predicted octanol–water partition coefficient (Wildman–Crippen LogP) is 3.00. The number of phenolic OH excluding ortho intramolecular Hbond substituents is 1. The first kappa shape index (κ1) is 31.7. The summed E-state index contributed by atoms with van der Waals surface area (Å²) in [5, 5.41) is 25.5. The zero-order chi connectivity index (χ0) is 34.4. The van der Waals surface area contributed by atoms with Crippen molar-refractivity contribution in [3.05, 3.63) is 66.5 Å². The fraction of sp³-hybridized carbons (Fsp3) is 0.389. The number of aromatic hydroxyl groups is 1. The van der Waals surface area contributed by atoms with Gasteiger partial charge in [0.2, 0.25) is 17.7 Å². The summed E-state index contributed by atoms with van der Waals surface area (Å²) in [5.41, 5.74) is 10.4. The highest BCUT2D eigenvalue weighted by Gasteiger charge is 2.37. The molecule has 0 spiro atoms. The zero-order valence-electron chi connectivity index (χ0n) is 27.6. The van der Waals surface area contributed by atoms with E-state index in [1.54, 1.807) is 52.3 Å². The fourth-order valence-corrected chi connectivity index (χ4v) is 7.93. The van der Waals surface area contributed by atoms with Gasteiger partial charge in [-0.05, 0) is 67.9 Å². The number of nitrogens with two attached hydrogens (primary N) is 1. The lowest BCUT2D eigenvalue weighted by Crippen LogP contribution is -2.54. The number of ether oxygens (including phenoxy) is 1. The lowest BCUT2D eigenvalue weighted by atomic mass is 9.80. The number of para-hydroxylation sites is 2. The smallest absolute Gasteiger partial charge is 0.249 e. The Morgan fingerprint density at radius 3 is 2.56 bits per heavy atom. The summed E-state index contributed by atoms with van der Waals surface area (Å²) in [6, 6.07) is 14.7. The number of hydrogen-bond acceptors (Lipinski definition) is 11. The molecule has 2 aromatic carbocycles. The van der Waals surface area contributed by atoms with Crippen molar-refractivity contribution in [2.45, 2.75) is 56.5 Å². The van der Waals surface area contributed by atoms with Gasteiger partial charge >= 0.3 is 0 Å². The number of hydrogen-bond donors (Lipinski definition) is 3. The summed E-state index contributed by atoms with van der Waals surface area (Å²) in [7, 11) is 0. The molecule has 50 heavy (non-hydrogen) atoms. The van der Waals surface area contributed by atoms with Crippen LogP contribution in [0.3, 0.4) is 0 Å². The topological polar surface area (TPSA) is 172 Å². The number of nitrogens with zero attached hydrogens (tertiary/aromatic N) is 7. The number of piperidine rings is 1. The van der Waals surface area contributed by atoms with Crippen LogP contribution in [0.15, 0.2) is 60.9 Å². The van der Waals surface area contributed by atoms with Gasteiger partial charge in [-0.25, -0.2) is 4.68 Å². The van der Waals surface area contributed by atoms with Crippen LogP contribution in [0.4, 0.5) is 17.2 Å². The number of carbonyl (C=O) groups is 3. The van der Waals surface area contributed by atoms with Gasteiger partial charge in [-0.1, -0.05) is 24.3 Å². The van der Waals surface area contributed by atoms with Gasteiger partial charge in [0.05, 0.1) is 42.6 Å². The molecule has 3 fully saturated rings. The maximum absolute atomic E-state index is 13.5. The molecule has 0 bridgehead atoms. The summed E-state index contributed by atoms with van der Waals surface area (Å²) in [4.78, 5) is 44.1. The number of aromatic nitrogens is 4. The van der Waals surface area contributed by atoms with Crippen molar-refractivity contribution in [2.24, 2.45) is 0 Å². The standard InChI is InChI=1S/C36H39N9O5/c37-35-30(18-27(40-41-35)26-4-1-2-7-31(26)46)45-20-24(19-38-45)43-15-14-42(21-33(43)48)23-10-8-22(9-11-23)25-5-3-6-28-34(25)50-17-16-44(28)29-12-13-32(47)39-36(29)49/h1-7,18-20,22-23,29,46H,8-17,21H2,(H2,37,41)(H,39,47,49)/t22?,23?,29-/m1/s1. The lowest BCUT2D eigenvalue weighted by Gasteiger charge is -2.42. The Balaban J connectivity index is 0.905. The van der Waals surface area contributed by atoms with E-state index in [2.05, 4.69) is 36.5 Å². The first-order valence-corrected chi connectivity index (χ1v) is 17.2. The Morgan fingerprint density at radius 1 is 0.920 bits per heavy atom. The number of rotatable bonds is 6. The van der Waals surface area contributed by atoms with Crippen molar-refractivity contribution in [1.82, 2.24) is 30.2 Å². The normalized spacial score (nSPS) is 23.0. The molecule has 0 radical (unpaired) electrons. The average molecular weight is 678 g/mol. The number of phenols is 1. The molecule has 14 nitrogen and oxygen atoms in total. The average Bonchev–Trinajstić information content (AvgIpc) is 3.62. The van der Waals surface area contributed by atoms with Crippen molar-refractivity contribution in [3.8, 4) is 28.4 Å². The van der Waals surface area contributed by atoms with Crippen LogP contribution in [0.25, 0.3) is 16.9 Å². The van der Waals surface area contributed by atoms with Gasteiger partial charge in [0.15, 0.2) is 5.82 Å². The van der Waals surface area contributed by atoms with Crippen molar-refractivity contribution in [2.75, 3.05) is 48.3 Å². The van der Waals surface area contributed by atoms with Crippen LogP contribution in [0, 0.1) is 0 Å². The third-order valence-corrected chi connectivity index (χ3v) is 10.5. The highest BCUT2D eigenvalue weighted by atomic mass is 16.5. The van der Waals surface area contributed by atoms with Gasteiger partial charge in [0, 0.05) is 31.1 Å². The minimum atomic E-state index is -0.374. The second-order valence-electron chi connectivity index (χ2n) is 13.4. The molecule has 0 unspecified atom stereocenters.